The molecule has 4 N–H and O–H groups in total. The van der Waals surface area contributed by atoms with E-state index in [9.17, 15) is 14.4 Å². The molecule has 8 nitrogen and oxygen atoms in total. The number of H-pyrrole nitrogens is 1. The highest BCUT2D eigenvalue weighted by atomic mass is 16.5. The van der Waals surface area contributed by atoms with Crippen molar-refractivity contribution in [3.05, 3.63) is 83.7 Å². The predicted molar refractivity (Wildman–Crippen MR) is 117 cm³/mol. The van der Waals surface area contributed by atoms with Gasteiger partial charge in [-0.1, -0.05) is 48.5 Å². The minimum Gasteiger partial charge on any atom is -0.480 e. The number of carbonyl (C=O) groups excluding carboxylic acids is 2. The number of fused-ring (bicyclic) bond motifs is 3. The number of benzene rings is 2. The number of carboxylic acids is 1. The van der Waals surface area contributed by atoms with Crippen molar-refractivity contribution >= 4 is 18.0 Å². The Bertz CT molecular complexity index is 1080. The van der Waals surface area contributed by atoms with Gasteiger partial charge in [-0.2, -0.15) is 0 Å². The minimum absolute atomic E-state index is 0.101. The van der Waals surface area contributed by atoms with Gasteiger partial charge in [-0.15, -0.1) is 0 Å². The Hall–Kier alpha value is -4.07. The number of alkyl carbamates (subject to hydrolysis) is 1. The van der Waals surface area contributed by atoms with E-state index in [1.807, 2.05) is 48.5 Å². The molecule has 164 valence electrons. The molecule has 0 spiro atoms. The van der Waals surface area contributed by atoms with Crippen molar-refractivity contribution < 1.29 is 24.2 Å². The molecule has 0 saturated heterocycles. The van der Waals surface area contributed by atoms with Crippen LogP contribution < -0.4 is 10.6 Å². The topological polar surface area (TPSA) is 121 Å². The lowest BCUT2D eigenvalue weighted by Crippen LogP contribution is -2.49. The number of hydrogen-bond acceptors (Lipinski definition) is 4. The molecule has 4 rings (SSSR count). The van der Waals surface area contributed by atoms with E-state index < -0.39 is 30.6 Å². The number of aliphatic carboxylic acids is 1. The van der Waals surface area contributed by atoms with Crippen LogP contribution in [-0.2, 0) is 20.7 Å². The van der Waals surface area contributed by atoms with E-state index in [0.29, 0.717) is 0 Å². The Labute approximate surface area is 184 Å². The lowest BCUT2D eigenvalue weighted by Gasteiger charge is -2.19. The van der Waals surface area contributed by atoms with Crippen molar-refractivity contribution in [3.8, 4) is 11.1 Å². The van der Waals surface area contributed by atoms with Crippen LogP contribution in [0.5, 0.6) is 0 Å². The van der Waals surface area contributed by atoms with Crippen molar-refractivity contribution in [2.24, 2.45) is 0 Å². The maximum absolute atomic E-state index is 12.6. The summed E-state index contributed by atoms with van der Waals surface area (Å²) < 4.78 is 5.51. The molecule has 3 aromatic rings. The highest BCUT2D eigenvalue weighted by Gasteiger charge is 2.30. The third-order valence-corrected chi connectivity index (χ3v) is 5.45. The van der Waals surface area contributed by atoms with E-state index in [1.54, 1.807) is 18.3 Å². The van der Waals surface area contributed by atoms with Crippen molar-refractivity contribution in [1.82, 2.24) is 15.6 Å². The molecular formula is C24H23N3O5. The number of amides is 2. The summed E-state index contributed by atoms with van der Waals surface area (Å²) in [6, 6.07) is 18.6. The zero-order valence-corrected chi connectivity index (χ0v) is 17.2. The fourth-order valence-electron chi connectivity index (χ4n) is 3.99. The molecule has 2 amide bonds. The van der Waals surface area contributed by atoms with Crippen LogP contribution in [0.25, 0.3) is 11.1 Å². The first-order valence-electron chi connectivity index (χ1n) is 10.3. The van der Waals surface area contributed by atoms with Crippen LogP contribution in [0.3, 0.4) is 0 Å². The second-order valence-electron chi connectivity index (χ2n) is 7.53. The molecule has 1 heterocycles. The first-order valence-corrected chi connectivity index (χ1v) is 10.3. The molecule has 1 unspecified atom stereocenters. The van der Waals surface area contributed by atoms with Crippen LogP contribution in [0.4, 0.5) is 4.79 Å². The maximum atomic E-state index is 12.6. The molecular weight excluding hydrogens is 410 g/mol. The van der Waals surface area contributed by atoms with Gasteiger partial charge in [-0.25, -0.2) is 4.79 Å². The van der Waals surface area contributed by atoms with Gasteiger partial charge in [0.15, 0.2) is 0 Å². The Morgan fingerprint density at radius 1 is 0.969 bits per heavy atom. The minimum atomic E-state index is -1.17. The monoisotopic (exact) mass is 433 g/mol. The Kier molecular flexibility index (Phi) is 6.21. The molecule has 2 aromatic carbocycles. The molecule has 1 atom stereocenters. The smallest absolute Gasteiger partial charge is 0.407 e. The zero-order valence-electron chi connectivity index (χ0n) is 17.2. The van der Waals surface area contributed by atoms with Crippen LogP contribution in [-0.4, -0.2) is 47.3 Å². The summed E-state index contributed by atoms with van der Waals surface area (Å²) in [5, 5.41) is 13.7. The van der Waals surface area contributed by atoms with E-state index in [2.05, 4.69) is 15.6 Å². The zero-order chi connectivity index (χ0) is 22.5. The van der Waals surface area contributed by atoms with Crippen LogP contribution in [0.2, 0.25) is 0 Å². The van der Waals surface area contributed by atoms with Gasteiger partial charge >= 0.3 is 12.1 Å². The molecule has 0 bridgehead atoms. The number of rotatable bonds is 8. The summed E-state index contributed by atoms with van der Waals surface area (Å²) >= 11 is 0. The number of carbonyl (C=O) groups is 3. The second kappa shape index (κ2) is 9.38. The number of carboxylic acid groups (broad SMARTS) is 1. The first-order chi connectivity index (χ1) is 15.5. The molecule has 0 radical (unpaired) electrons. The van der Waals surface area contributed by atoms with E-state index in [1.165, 1.54) is 0 Å². The SMILES string of the molecule is O=C(O)CNC(=O)C(Cc1ccc[nH]1)NC(=O)OCC1c2ccccc2-c2ccccc21. The predicted octanol–water partition coefficient (Wildman–Crippen LogP) is 2.67. The molecule has 0 saturated carbocycles. The average molecular weight is 433 g/mol. The van der Waals surface area contributed by atoms with Gasteiger partial charge < -0.3 is 25.5 Å². The summed E-state index contributed by atoms with van der Waals surface area (Å²) in [6.45, 7) is -0.418. The molecule has 1 aliphatic carbocycles. The summed E-state index contributed by atoms with van der Waals surface area (Å²) in [7, 11) is 0. The normalized spacial score (nSPS) is 13.0. The van der Waals surface area contributed by atoms with Gasteiger partial charge in [0.25, 0.3) is 0 Å². The van der Waals surface area contributed by atoms with Crippen LogP contribution >= 0.6 is 0 Å². The molecule has 0 fully saturated rings. The number of hydrogen-bond donors (Lipinski definition) is 4. The quantitative estimate of drug-likeness (QED) is 0.435. The highest BCUT2D eigenvalue weighted by molar-refractivity contribution is 5.88. The average Bonchev–Trinajstić information content (AvgIpc) is 3.41. The van der Waals surface area contributed by atoms with Crippen molar-refractivity contribution in [2.75, 3.05) is 13.2 Å². The lowest BCUT2D eigenvalue weighted by atomic mass is 9.98. The first kappa shape index (κ1) is 21.2. The van der Waals surface area contributed by atoms with Gasteiger partial charge in [0.2, 0.25) is 5.91 Å². The number of ether oxygens (including phenoxy) is 1. The summed E-state index contributed by atoms with van der Waals surface area (Å²) in [5.41, 5.74) is 5.14. The molecule has 32 heavy (non-hydrogen) atoms. The van der Waals surface area contributed by atoms with E-state index in [-0.39, 0.29) is 18.9 Å². The maximum Gasteiger partial charge on any atom is 0.407 e. The van der Waals surface area contributed by atoms with E-state index >= 15 is 0 Å². The standard InChI is InChI=1S/C24H23N3O5/c28-22(29)13-26-23(30)21(12-15-6-5-11-25-15)27-24(31)32-14-20-18-9-3-1-7-16(18)17-8-2-4-10-19(17)20/h1-11,20-21,25H,12-14H2,(H,26,30)(H,27,31)(H,28,29). The van der Waals surface area contributed by atoms with Gasteiger partial charge in [0.1, 0.15) is 19.2 Å². The van der Waals surface area contributed by atoms with E-state index in [0.717, 1.165) is 27.9 Å². The number of aromatic nitrogens is 1. The fraction of sp³-hybridized carbons (Fsp3) is 0.208. The summed E-state index contributed by atoms with van der Waals surface area (Å²) in [4.78, 5) is 38.8. The van der Waals surface area contributed by atoms with Crippen LogP contribution in [0, 0.1) is 0 Å². The lowest BCUT2D eigenvalue weighted by molar-refractivity contribution is -0.138. The largest absolute Gasteiger partial charge is 0.480 e. The molecule has 8 heteroatoms. The van der Waals surface area contributed by atoms with Gasteiger partial charge in [-0.3, -0.25) is 9.59 Å². The Morgan fingerprint density at radius 2 is 1.62 bits per heavy atom. The van der Waals surface area contributed by atoms with Gasteiger partial charge in [0, 0.05) is 24.2 Å². The van der Waals surface area contributed by atoms with Crippen LogP contribution in [0.15, 0.2) is 66.9 Å². The number of aromatic amines is 1. The molecule has 1 aliphatic rings. The third kappa shape index (κ3) is 4.64. The number of nitrogens with one attached hydrogen (secondary N) is 3. The molecule has 0 aliphatic heterocycles. The van der Waals surface area contributed by atoms with Crippen molar-refractivity contribution in [2.45, 2.75) is 18.4 Å². The fourth-order valence-corrected chi connectivity index (χ4v) is 3.99. The van der Waals surface area contributed by atoms with E-state index in [4.69, 9.17) is 9.84 Å². The second-order valence-corrected chi connectivity index (χ2v) is 7.53. The van der Waals surface area contributed by atoms with Crippen LogP contribution in [0.1, 0.15) is 22.7 Å². The van der Waals surface area contributed by atoms with Gasteiger partial charge in [-0.05, 0) is 34.4 Å². The Morgan fingerprint density at radius 3 is 2.22 bits per heavy atom. The highest BCUT2D eigenvalue weighted by Crippen LogP contribution is 2.44. The summed E-state index contributed by atoms with van der Waals surface area (Å²) in [6.07, 6.45) is 1.13. The van der Waals surface area contributed by atoms with Crippen molar-refractivity contribution in [3.63, 3.8) is 0 Å². The summed E-state index contributed by atoms with van der Waals surface area (Å²) in [5.74, 6) is -1.87. The Balaban J connectivity index is 1.43. The third-order valence-electron chi connectivity index (χ3n) is 5.45. The molecule has 1 aromatic heterocycles. The van der Waals surface area contributed by atoms with Gasteiger partial charge in [0.05, 0.1) is 0 Å². The van der Waals surface area contributed by atoms with Crippen molar-refractivity contribution in [1.29, 1.82) is 0 Å².